The van der Waals surface area contributed by atoms with Gasteiger partial charge in [0.05, 0.1) is 10.9 Å². The van der Waals surface area contributed by atoms with Crippen LogP contribution in [0.25, 0.3) is 0 Å². The Hall–Kier alpha value is 0.400. The monoisotopic (exact) mass is 570 g/mol. The number of aryl methyl sites for hydroxylation is 1. The molecular weight excluding hydrogens is 522 g/mol. The van der Waals surface area contributed by atoms with Crippen LogP contribution in [-0.2, 0) is 21.3 Å². The normalized spacial score (nSPS) is 11.9. The number of unbranched alkanes of at least 4 members (excludes halogenated alkanes) is 15. The van der Waals surface area contributed by atoms with Crippen LogP contribution in [0.5, 0.6) is 5.75 Å². The van der Waals surface area contributed by atoms with Crippen LogP contribution in [0, 0.1) is 0 Å². The van der Waals surface area contributed by atoms with Gasteiger partial charge in [0.15, 0.2) is 0 Å². The van der Waals surface area contributed by atoms with Crippen LogP contribution in [0.4, 0.5) is 0 Å². The Kier molecular flexibility index (Phi) is 26.8. The van der Waals surface area contributed by atoms with E-state index in [0.29, 0.717) is 18.4 Å². The van der Waals surface area contributed by atoms with Crippen LogP contribution < -0.4 is 69.0 Å². The number of benzene rings is 1. The van der Waals surface area contributed by atoms with Crippen LogP contribution in [0.1, 0.15) is 135 Å². The number of carbonyl (C=O) groups is 1. The summed E-state index contributed by atoms with van der Waals surface area (Å²) in [6, 6.07) is 4.30. The molecule has 0 aliphatic carbocycles. The largest absolute Gasteiger partial charge is 1.00 e. The molecule has 1 aromatic carbocycles. The van der Waals surface area contributed by atoms with Crippen molar-refractivity contribution in [1.29, 1.82) is 0 Å². The summed E-state index contributed by atoms with van der Waals surface area (Å²) in [4.78, 5) is 11.3. The molecule has 1 aromatic rings. The van der Waals surface area contributed by atoms with Crippen molar-refractivity contribution in [1.82, 2.24) is 0 Å². The first-order chi connectivity index (χ1) is 17.3. The summed E-state index contributed by atoms with van der Waals surface area (Å²) >= 11 is 0. The van der Waals surface area contributed by atoms with E-state index in [4.69, 9.17) is 4.74 Å². The topological polar surface area (TPSA) is 107 Å². The molecule has 6 nitrogen and oxygen atoms in total. The molecule has 0 saturated carbocycles. The van der Waals surface area contributed by atoms with Gasteiger partial charge in [0.25, 0.3) is 0 Å². The predicted molar refractivity (Wildman–Crippen MR) is 142 cm³/mol. The minimum absolute atomic E-state index is 0. The average molecular weight is 571 g/mol. The summed E-state index contributed by atoms with van der Waals surface area (Å²) in [6.07, 6.45) is 18.7. The van der Waals surface area contributed by atoms with E-state index in [1.54, 1.807) is 12.1 Å². The van der Waals surface area contributed by atoms with Gasteiger partial charge in [-0.15, -0.1) is 0 Å². The molecule has 0 saturated heterocycles. The Balaban J connectivity index is 0. The zero-order chi connectivity index (χ0) is 26.7. The maximum absolute atomic E-state index is 11.9. The Bertz CT molecular complexity index is 832. The van der Waals surface area contributed by atoms with Crippen LogP contribution in [0.3, 0.4) is 0 Å². The first-order valence-electron chi connectivity index (χ1n) is 14.3. The molecule has 1 atom stereocenters. The fourth-order valence-electron chi connectivity index (χ4n) is 4.53. The number of hydrogen-bond acceptors (Lipinski definition) is 6. The zero-order valence-electron chi connectivity index (χ0n) is 24.6. The number of carbonyl (C=O) groups excluding carboxylic acids is 1. The van der Waals surface area contributed by atoms with E-state index in [2.05, 4.69) is 13.8 Å². The van der Waals surface area contributed by atoms with Gasteiger partial charge >= 0.3 is 59.1 Å². The van der Waals surface area contributed by atoms with Crippen LogP contribution in [0.2, 0.25) is 0 Å². The number of carboxylic acids is 1. The van der Waals surface area contributed by atoms with Crippen molar-refractivity contribution in [2.75, 3.05) is 0 Å². The molecule has 0 aliphatic rings. The van der Waals surface area contributed by atoms with E-state index in [-0.39, 0.29) is 76.2 Å². The van der Waals surface area contributed by atoms with Crippen molar-refractivity contribution >= 4 is 16.1 Å². The van der Waals surface area contributed by atoms with Gasteiger partial charge < -0.3 is 19.2 Å². The van der Waals surface area contributed by atoms with Crippen molar-refractivity contribution in [2.24, 2.45) is 0 Å². The van der Waals surface area contributed by atoms with Gasteiger partial charge in [0.1, 0.15) is 22.0 Å². The number of carboxylic acid groups (broad SMARTS) is 1. The molecule has 0 spiro atoms. The molecule has 0 N–H and O–H groups in total. The average Bonchev–Trinajstić information content (AvgIpc) is 2.83. The maximum Gasteiger partial charge on any atom is 1.00 e. The van der Waals surface area contributed by atoms with Crippen LogP contribution >= 0.6 is 0 Å². The van der Waals surface area contributed by atoms with E-state index in [0.717, 1.165) is 44.9 Å². The van der Waals surface area contributed by atoms with Crippen molar-refractivity contribution in [2.45, 2.75) is 147 Å². The quantitative estimate of drug-likeness (QED) is 0.109. The molecule has 0 aromatic heterocycles. The predicted octanol–water partition coefficient (Wildman–Crippen LogP) is 0.700. The summed E-state index contributed by atoms with van der Waals surface area (Å²) in [5.41, 5.74) is 0.464. The van der Waals surface area contributed by atoms with E-state index >= 15 is 0 Å². The maximum atomic E-state index is 11.9. The molecule has 38 heavy (non-hydrogen) atoms. The first-order valence-corrected chi connectivity index (χ1v) is 15.7. The van der Waals surface area contributed by atoms with E-state index < -0.39 is 22.2 Å². The standard InChI is InChI=1S/C29H50O6S.2Na/c1-3-5-7-9-11-12-13-15-17-19-21-27(29(30)31)35-26-23-22-25(28(24-26)36(32,33)34)20-18-16-14-10-8-6-4-2;;/h22-24,27H,3-21H2,1-2H3,(H,30,31)(H,32,33,34);;/q;2*+1/p-2. The molecule has 0 fully saturated rings. The number of ether oxygens (including phenoxy) is 1. The molecule has 0 bridgehead atoms. The Morgan fingerprint density at radius 3 is 1.66 bits per heavy atom. The zero-order valence-corrected chi connectivity index (χ0v) is 29.4. The number of rotatable bonds is 23. The van der Waals surface area contributed by atoms with Gasteiger partial charge in [0, 0.05) is 0 Å². The van der Waals surface area contributed by atoms with E-state index in [1.165, 1.54) is 63.9 Å². The fraction of sp³-hybridized carbons (Fsp3) is 0.759. The molecule has 0 aliphatic heterocycles. The minimum Gasteiger partial charge on any atom is -0.744 e. The molecule has 1 rings (SSSR count). The Labute approximate surface area is 276 Å². The Morgan fingerprint density at radius 2 is 1.21 bits per heavy atom. The van der Waals surface area contributed by atoms with Crippen molar-refractivity contribution in [3.8, 4) is 5.75 Å². The first kappa shape index (κ1) is 40.5. The third-order valence-electron chi connectivity index (χ3n) is 6.72. The molecule has 208 valence electrons. The molecule has 1 unspecified atom stereocenters. The van der Waals surface area contributed by atoms with Gasteiger partial charge in [-0.25, -0.2) is 8.42 Å². The molecule has 0 heterocycles. The third kappa shape index (κ3) is 19.5. The van der Waals surface area contributed by atoms with Crippen LogP contribution in [-0.4, -0.2) is 25.0 Å². The SMILES string of the molecule is CCCCCCCCCCCCC(Oc1ccc(CCCCCCCCC)c(S(=O)(=O)[O-])c1)C(=O)[O-].[Na+].[Na+]. The number of hydrogen-bond donors (Lipinski definition) is 0. The molecule has 0 radical (unpaired) electrons. The Morgan fingerprint density at radius 1 is 0.763 bits per heavy atom. The van der Waals surface area contributed by atoms with Gasteiger partial charge in [-0.05, 0) is 43.4 Å². The van der Waals surface area contributed by atoms with Gasteiger partial charge in [0.2, 0.25) is 0 Å². The number of aliphatic carboxylic acids is 1. The second kappa shape index (κ2) is 25.1. The molecule has 9 heteroatoms. The second-order valence-electron chi connectivity index (χ2n) is 9.99. The van der Waals surface area contributed by atoms with Gasteiger partial charge in [-0.2, -0.15) is 0 Å². The van der Waals surface area contributed by atoms with Crippen LogP contribution in [0.15, 0.2) is 23.1 Å². The fourth-order valence-corrected chi connectivity index (χ4v) is 5.28. The minimum atomic E-state index is -4.70. The summed E-state index contributed by atoms with van der Waals surface area (Å²) in [7, 11) is -4.70. The molecular formula is C29H48Na2O6S. The second-order valence-corrected chi connectivity index (χ2v) is 11.3. The van der Waals surface area contributed by atoms with Crippen molar-refractivity contribution < 1.29 is 86.7 Å². The third-order valence-corrected chi connectivity index (χ3v) is 7.64. The summed E-state index contributed by atoms with van der Waals surface area (Å²) in [6.45, 7) is 4.38. The summed E-state index contributed by atoms with van der Waals surface area (Å²) in [5, 5.41) is 11.6. The summed E-state index contributed by atoms with van der Waals surface area (Å²) < 4.78 is 41.2. The molecule has 0 amide bonds. The van der Waals surface area contributed by atoms with Crippen molar-refractivity contribution in [3.05, 3.63) is 23.8 Å². The van der Waals surface area contributed by atoms with Gasteiger partial charge in [-0.1, -0.05) is 116 Å². The van der Waals surface area contributed by atoms with Crippen molar-refractivity contribution in [3.63, 3.8) is 0 Å². The van der Waals surface area contributed by atoms with E-state index in [1.807, 2.05) is 0 Å². The smallest absolute Gasteiger partial charge is 0.744 e. The summed E-state index contributed by atoms with van der Waals surface area (Å²) in [5.74, 6) is -1.25. The van der Waals surface area contributed by atoms with E-state index in [9.17, 15) is 22.9 Å². The van der Waals surface area contributed by atoms with Gasteiger partial charge in [-0.3, -0.25) is 0 Å².